The number of benzene rings is 1. The minimum Gasteiger partial charge on any atom is -0.342 e. The molecule has 5 nitrogen and oxygen atoms in total. The smallest absolute Gasteiger partial charge is 0.191 e. The molecule has 6 heteroatoms. The van der Waals surface area contributed by atoms with E-state index in [4.69, 9.17) is 21.8 Å². The number of H-pyrrole nitrogens is 1. The van der Waals surface area contributed by atoms with Crippen LogP contribution in [0.2, 0.25) is 5.15 Å². The van der Waals surface area contributed by atoms with Gasteiger partial charge < -0.3 is 4.98 Å². The molecule has 0 saturated carbocycles. The van der Waals surface area contributed by atoms with E-state index in [1.54, 1.807) is 6.07 Å². The molecule has 0 saturated heterocycles. The third-order valence-corrected chi connectivity index (χ3v) is 4.62. The lowest BCUT2D eigenvalue weighted by Gasteiger charge is -2.12. The number of pyridine rings is 3. The highest BCUT2D eigenvalue weighted by Crippen LogP contribution is 2.33. The van der Waals surface area contributed by atoms with Gasteiger partial charge in [-0.3, -0.25) is 4.79 Å². The number of hydrogen-bond acceptors (Lipinski definition) is 4. The Morgan fingerprint density at radius 1 is 1.07 bits per heavy atom. The molecular weight excluding hydrogens is 372 g/mol. The van der Waals surface area contributed by atoms with Crippen molar-refractivity contribution in [3.63, 3.8) is 0 Å². The van der Waals surface area contributed by atoms with Crippen LogP contribution in [0.4, 0.5) is 0 Å². The van der Waals surface area contributed by atoms with Gasteiger partial charge in [0.05, 0.1) is 23.6 Å². The molecule has 0 unspecified atom stereocenters. The molecule has 3 aromatic heterocycles. The number of aromatic nitrogens is 3. The van der Waals surface area contributed by atoms with E-state index in [2.05, 4.69) is 16.0 Å². The van der Waals surface area contributed by atoms with Crippen LogP contribution in [0.3, 0.4) is 0 Å². The van der Waals surface area contributed by atoms with Gasteiger partial charge in [0.2, 0.25) is 0 Å². The average Bonchev–Trinajstić information content (AvgIpc) is 2.67. The number of aromatic amines is 1. The van der Waals surface area contributed by atoms with Crippen LogP contribution in [-0.4, -0.2) is 15.0 Å². The van der Waals surface area contributed by atoms with Crippen LogP contribution in [0.1, 0.15) is 11.4 Å². The third-order valence-electron chi connectivity index (χ3n) is 4.42. The maximum absolute atomic E-state index is 12.6. The third kappa shape index (κ3) is 3.38. The molecule has 0 fully saturated rings. The zero-order chi connectivity index (χ0) is 19.7. The molecular formula is C22H15ClN4O. The Morgan fingerprint density at radius 2 is 1.86 bits per heavy atom. The van der Waals surface area contributed by atoms with E-state index in [9.17, 15) is 4.79 Å². The highest BCUT2D eigenvalue weighted by Gasteiger charge is 2.15. The van der Waals surface area contributed by atoms with Crippen molar-refractivity contribution >= 4 is 22.6 Å². The second-order valence-corrected chi connectivity index (χ2v) is 6.85. The number of halogens is 1. The number of fused-ring (bicyclic) bond motifs is 1. The first-order valence-electron chi connectivity index (χ1n) is 8.69. The maximum atomic E-state index is 12.6. The summed E-state index contributed by atoms with van der Waals surface area (Å²) in [7, 11) is 0. The fourth-order valence-electron chi connectivity index (χ4n) is 3.22. The summed E-state index contributed by atoms with van der Waals surface area (Å²) in [4.78, 5) is 24.7. The Balaban J connectivity index is 2.07. The van der Waals surface area contributed by atoms with Crippen molar-refractivity contribution in [2.45, 2.75) is 13.3 Å². The molecule has 3 heterocycles. The maximum Gasteiger partial charge on any atom is 0.191 e. The second-order valence-electron chi connectivity index (χ2n) is 6.46. The monoisotopic (exact) mass is 386 g/mol. The highest BCUT2D eigenvalue weighted by molar-refractivity contribution is 6.29. The summed E-state index contributed by atoms with van der Waals surface area (Å²) in [6.45, 7) is 1.87. The Hall–Kier alpha value is -3.49. The molecule has 0 amide bonds. The van der Waals surface area contributed by atoms with Crippen molar-refractivity contribution in [3.8, 4) is 28.5 Å². The molecule has 4 aromatic rings. The van der Waals surface area contributed by atoms with Crippen molar-refractivity contribution in [2.75, 3.05) is 0 Å². The fraction of sp³-hybridized carbons (Fsp3) is 0.0909. The van der Waals surface area contributed by atoms with E-state index in [0.29, 0.717) is 21.9 Å². The number of nitrogens with zero attached hydrogens (tertiary/aromatic N) is 3. The largest absolute Gasteiger partial charge is 0.342 e. The topological polar surface area (TPSA) is 82.4 Å². The molecule has 0 aliphatic heterocycles. The van der Waals surface area contributed by atoms with E-state index in [1.165, 1.54) is 6.07 Å². The van der Waals surface area contributed by atoms with E-state index in [1.807, 2.05) is 49.4 Å². The van der Waals surface area contributed by atoms with Gasteiger partial charge in [0.15, 0.2) is 5.43 Å². The second kappa shape index (κ2) is 7.26. The Morgan fingerprint density at radius 3 is 2.57 bits per heavy atom. The first-order valence-corrected chi connectivity index (χ1v) is 9.07. The van der Waals surface area contributed by atoms with Crippen LogP contribution in [0.15, 0.2) is 59.4 Å². The van der Waals surface area contributed by atoms with Crippen molar-refractivity contribution in [1.29, 1.82) is 5.26 Å². The lowest BCUT2D eigenvalue weighted by Crippen LogP contribution is -2.07. The van der Waals surface area contributed by atoms with Gasteiger partial charge in [-0.1, -0.05) is 41.9 Å². The van der Waals surface area contributed by atoms with E-state index in [-0.39, 0.29) is 11.8 Å². The minimum atomic E-state index is -0.177. The van der Waals surface area contributed by atoms with Gasteiger partial charge in [-0.15, -0.1) is 0 Å². The normalized spacial score (nSPS) is 10.8. The van der Waals surface area contributed by atoms with Gasteiger partial charge in [0.1, 0.15) is 10.8 Å². The lowest BCUT2D eigenvalue weighted by atomic mass is 9.98. The SMILES string of the molecule is Cc1cc(-c2cc3c(=O)cc(CC#N)[nH]c3nc2-c2ccccc2)cc(Cl)n1. The van der Waals surface area contributed by atoms with Gasteiger partial charge in [-0.25, -0.2) is 9.97 Å². The van der Waals surface area contributed by atoms with E-state index in [0.717, 1.165) is 28.1 Å². The van der Waals surface area contributed by atoms with Gasteiger partial charge in [-0.05, 0) is 30.7 Å². The van der Waals surface area contributed by atoms with Crippen LogP contribution >= 0.6 is 11.6 Å². The summed E-state index contributed by atoms with van der Waals surface area (Å²) in [5, 5.41) is 9.79. The van der Waals surface area contributed by atoms with Crippen LogP contribution in [-0.2, 0) is 6.42 Å². The number of nitrogens with one attached hydrogen (secondary N) is 1. The van der Waals surface area contributed by atoms with Crippen molar-refractivity contribution in [2.24, 2.45) is 0 Å². The summed E-state index contributed by atoms with van der Waals surface area (Å²) in [5.41, 5.74) is 4.87. The quantitative estimate of drug-likeness (QED) is 0.518. The Bertz CT molecular complexity index is 1270. The molecule has 0 bridgehead atoms. The van der Waals surface area contributed by atoms with Crippen molar-refractivity contribution in [3.05, 3.63) is 81.4 Å². The van der Waals surface area contributed by atoms with E-state index >= 15 is 0 Å². The molecule has 136 valence electrons. The van der Waals surface area contributed by atoms with Crippen molar-refractivity contribution in [1.82, 2.24) is 15.0 Å². The van der Waals surface area contributed by atoms with Gasteiger partial charge in [-0.2, -0.15) is 5.26 Å². The molecule has 1 N–H and O–H groups in total. The summed E-state index contributed by atoms with van der Waals surface area (Å²) in [6.07, 6.45) is 0.119. The lowest BCUT2D eigenvalue weighted by molar-refractivity contribution is 1.12. The standard InChI is InChI=1S/C22H15ClN4O/c1-13-9-15(10-20(23)25-13)17-12-18-19(28)11-16(7-8-24)26-22(18)27-21(17)14-5-3-2-4-6-14/h2-6,9-12H,7H2,1H3,(H,26,27,28). The molecule has 28 heavy (non-hydrogen) atoms. The predicted octanol–water partition coefficient (Wildman–Crippen LogP) is 4.68. The minimum absolute atomic E-state index is 0.119. The first-order chi connectivity index (χ1) is 13.5. The summed E-state index contributed by atoms with van der Waals surface area (Å²) < 4.78 is 0. The Kier molecular flexibility index (Phi) is 4.64. The molecule has 4 rings (SSSR count). The average molecular weight is 387 g/mol. The highest BCUT2D eigenvalue weighted by atomic mass is 35.5. The van der Waals surface area contributed by atoms with Crippen molar-refractivity contribution < 1.29 is 0 Å². The Labute approximate surface area is 166 Å². The number of hydrogen-bond donors (Lipinski definition) is 1. The summed E-state index contributed by atoms with van der Waals surface area (Å²) >= 11 is 6.17. The van der Waals surface area contributed by atoms with Crippen LogP contribution in [0.5, 0.6) is 0 Å². The van der Waals surface area contributed by atoms with Crippen LogP contribution < -0.4 is 5.43 Å². The predicted molar refractivity (Wildman–Crippen MR) is 110 cm³/mol. The number of rotatable bonds is 3. The fourth-order valence-corrected chi connectivity index (χ4v) is 3.47. The molecule has 0 spiro atoms. The van der Waals surface area contributed by atoms with Gasteiger partial charge in [0.25, 0.3) is 0 Å². The van der Waals surface area contributed by atoms with Gasteiger partial charge in [0, 0.05) is 28.6 Å². The zero-order valence-corrected chi connectivity index (χ0v) is 15.8. The van der Waals surface area contributed by atoms with Crippen LogP contribution in [0, 0.1) is 18.3 Å². The molecule has 0 aliphatic rings. The van der Waals surface area contributed by atoms with Crippen LogP contribution in [0.25, 0.3) is 33.4 Å². The van der Waals surface area contributed by atoms with Gasteiger partial charge >= 0.3 is 0 Å². The molecule has 0 radical (unpaired) electrons. The molecule has 0 atom stereocenters. The number of aryl methyl sites for hydroxylation is 1. The number of nitriles is 1. The molecule has 0 aliphatic carbocycles. The molecule has 1 aromatic carbocycles. The summed E-state index contributed by atoms with van der Waals surface area (Å²) in [5.74, 6) is 0. The van der Waals surface area contributed by atoms with E-state index < -0.39 is 0 Å². The zero-order valence-electron chi connectivity index (χ0n) is 15.0. The first kappa shape index (κ1) is 17.9. The summed E-state index contributed by atoms with van der Waals surface area (Å²) in [6, 6.07) is 18.7.